The summed E-state index contributed by atoms with van der Waals surface area (Å²) in [5, 5.41) is 0. The van der Waals surface area contributed by atoms with Crippen LogP contribution >= 0.6 is 0 Å². The quantitative estimate of drug-likeness (QED) is 0.760. The third-order valence-corrected chi connectivity index (χ3v) is 3.64. The highest BCUT2D eigenvalue weighted by atomic mass is 16.5. The fourth-order valence-electron chi connectivity index (χ4n) is 2.53. The number of aromatic nitrogens is 2. The van der Waals surface area contributed by atoms with E-state index >= 15 is 0 Å². The first kappa shape index (κ1) is 13.7. The zero-order chi connectivity index (χ0) is 14.7. The van der Waals surface area contributed by atoms with Crippen LogP contribution in [0.1, 0.15) is 19.3 Å². The Morgan fingerprint density at radius 3 is 3.05 bits per heavy atom. The number of amides is 2. The topological polar surface area (TPSA) is 96.5 Å². The van der Waals surface area contributed by atoms with Crippen LogP contribution in [0.3, 0.4) is 0 Å². The fraction of sp³-hybridized carbons (Fsp3) is 0.538. The van der Waals surface area contributed by atoms with Gasteiger partial charge in [-0.05, 0) is 6.42 Å². The molecular formula is C13H17N5O3. The summed E-state index contributed by atoms with van der Waals surface area (Å²) in [6.07, 6.45) is 4.67. The van der Waals surface area contributed by atoms with Gasteiger partial charge in [0.2, 0.25) is 17.7 Å². The van der Waals surface area contributed by atoms with Crippen molar-refractivity contribution in [2.45, 2.75) is 31.4 Å². The smallest absolute Gasteiger partial charge is 0.241 e. The van der Waals surface area contributed by atoms with Crippen molar-refractivity contribution in [3.8, 4) is 5.88 Å². The molecule has 2 aliphatic rings. The summed E-state index contributed by atoms with van der Waals surface area (Å²) in [6, 6.07) is 1.35. The molecule has 21 heavy (non-hydrogen) atoms. The number of hydrogen-bond donors (Lipinski definition) is 2. The van der Waals surface area contributed by atoms with Crippen molar-refractivity contribution >= 4 is 11.8 Å². The van der Waals surface area contributed by atoms with Gasteiger partial charge < -0.3 is 9.64 Å². The molecule has 2 atom stereocenters. The summed E-state index contributed by atoms with van der Waals surface area (Å²) in [4.78, 5) is 33.0. The number of rotatable bonds is 3. The lowest BCUT2D eigenvalue weighted by Gasteiger charge is -2.27. The first-order valence-corrected chi connectivity index (χ1v) is 6.98. The van der Waals surface area contributed by atoms with Crippen molar-refractivity contribution in [3.05, 3.63) is 18.6 Å². The predicted molar refractivity (Wildman–Crippen MR) is 71.9 cm³/mol. The van der Waals surface area contributed by atoms with Gasteiger partial charge in [0.1, 0.15) is 18.5 Å². The lowest BCUT2D eigenvalue weighted by Crippen LogP contribution is -2.56. The van der Waals surface area contributed by atoms with Gasteiger partial charge in [0.05, 0.1) is 6.54 Å². The molecule has 0 saturated carbocycles. The van der Waals surface area contributed by atoms with Crippen LogP contribution in [0, 0.1) is 0 Å². The molecule has 2 saturated heterocycles. The van der Waals surface area contributed by atoms with E-state index in [0.717, 1.165) is 6.42 Å². The van der Waals surface area contributed by atoms with Gasteiger partial charge >= 0.3 is 0 Å². The molecule has 112 valence electrons. The minimum Gasteiger partial charge on any atom is -0.472 e. The predicted octanol–water partition coefficient (Wildman–Crippen LogP) is -0.760. The molecule has 0 bridgehead atoms. The van der Waals surface area contributed by atoms with Gasteiger partial charge in [0.25, 0.3) is 0 Å². The van der Waals surface area contributed by atoms with Crippen molar-refractivity contribution in [1.29, 1.82) is 0 Å². The molecule has 3 rings (SSSR count). The van der Waals surface area contributed by atoms with Gasteiger partial charge in [-0.15, -0.1) is 0 Å². The minimum atomic E-state index is -0.347. The summed E-state index contributed by atoms with van der Waals surface area (Å²) in [5.41, 5.74) is 5.26. The largest absolute Gasteiger partial charge is 0.472 e. The second-order valence-corrected chi connectivity index (χ2v) is 5.14. The van der Waals surface area contributed by atoms with Gasteiger partial charge in [-0.3, -0.25) is 15.0 Å². The number of likely N-dealkylation sites (tertiary alicyclic amines) is 1. The second-order valence-electron chi connectivity index (χ2n) is 5.14. The third-order valence-electron chi connectivity index (χ3n) is 3.64. The Morgan fingerprint density at radius 2 is 2.33 bits per heavy atom. The first-order valence-electron chi connectivity index (χ1n) is 6.98. The van der Waals surface area contributed by atoms with E-state index in [4.69, 9.17) is 4.74 Å². The van der Waals surface area contributed by atoms with Crippen LogP contribution < -0.4 is 15.6 Å². The van der Waals surface area contributed by atoms with Crippen LogP contribution in [-0.2, 0) is 9.59 Å². The van der Waals surface area contributed by atoms with Crippen LogP contribution in [0.25, 0.3) is 0 Å². The molecule has 2 aliphatic heterocycles. The van der Waals surface area contributed by atoms with Crippen molar-refractivity contribution in [3.63, 3.8) is 0 Å². The Labute approximate surface area is 121 Å². The zero-order valence-electron chi connectivity index (χ0n) is 11.5. The summed E-state index contributed by atoms with van der Waals surface area (Å²) < 4.78 is 5.72. The van der Waals surface area contributed by atoms with E-state index in [0.29, 0.717) is 31.8 Å². The normalized spacial score (nSPS) is 25.5. The van der Waals surface area contributed by atoms with E-state index < -0.39 is 0 Å². The lowest BCUT2D eigenvalue weighted by atomic mass is 10.1. The van der Waals surface area contributed by atoms with Crippen LogP contribution in [0.5, 0.6) is 5.88 Å². The third kappa shape index (κ3) is 3.27. The van der Waals surface area contributed by atoms with Gasteiger partial charge in [-0.2, -0.15) is 0 Å². The zero-order valence-corrected chi connectivity index (χ0v) is 11.5. The minimum absolute atomic E-state index is 0.00351. The van der Waals surface area contributed by atoms with Gasteiger partial charge in [-0.25, -0.2) is 15.4 Å². The maximum Gasteiger partial charge on any atom is 0.241 e. The SMILES string of the molecule is O=C1CCC(C(=O)N2CCC(Oc3ccncn3)C2)NN1. The molecule has 2 N–H and O–H groups in total. The van der Waals surface area contributed by atoms with E-state index in [9.17, 15) is 9.59 Å². The summed E-state index contributed by atoms with van der Waals surface area (Å²) in [6.45, 7) is 1.19. The molecule has 0 radical (unpaired) electrons. The van der Waals surface area contributed by atoms with E-state index in [2.05, 4.69) is 20.8 Å². The molecule has 1 aromatic rings. The number of carbonyl (C=O) groups is 2. The monoisotopic (exact) mass is 291 g/mol. The Morgan fingerprint density at radius 1 is 1.43 bits per heavy atom. The van der Waals surface area contributed by atoms with Crippen LogP contribution in [-0.4, -0.2) is 51.9 Å². The van der Waals surface area contributed by atoms with E-state index in [1.165, 1.54) is 6.33 Å². The lowest BCUT2D eigenvalue weighted by molar-refractivity contribution is -0.135. The van der Waals surface area contributed by atoms with Crippen molar-refractivity contribution < 1.29 is 14.3 Å². The number of hydrogen-bond acceptors (Lipinski definition) is 6. The Bertz CT molecular complexity index is 514. The molecular weight excluding hydrogens is 274 g/mol. The van der Waals surface area contributed by atoms with Crippen molar-refractivity contribution in [2.75, 3.05) is 13.1 Å². The summed E-state index contributed by atoms with van der Waals surface area (Å²) >= 11 is 0. The molecule has 3 heterocycles. The van der Waals surface area contributed by atoms with Crippen molar-refractivity contribution in [2.24, 2.45) is 0 Å². The molecule has 1 aromatic heterocycles. The Balaban J connectivity index is 1.52. The molecule has 2 unspecified atom stereocenters. The fourth-order valence-corrected chi connectivity index (χ4v) is 2.53. The molecule has 8 heteroatoms. The molecule has 0 spiro atoms. The number of nitrogens with one attached hydrogen (secondary N) is 2. The first-order chi connectivity index (χ1) is 10.2. The van der Waals surface area contributed by atoms with Crippen LogP contribution in [0.2, 0.25) is 0 Å². The summed E-state index contributed by atoms with van der Waals surface area (Å²) in [7, 11) is 0. The number of nitrogens with zero attached hydrogens (tertiary/aromatic N) is 3. The molecule has 8 nitrogen and oxygen atoms in total. The van der Waals surface area contributed by atoms with Gasteiger partial charge in [0, 0.05) is 31.6 Å². The molecule has 0 aromatic carbocycles. The molecule has 2 fully saturated rings. The van der Waals surface area contributed by atoms with Crippen molar-refractivity contribution in [1.82, 2.24) is 25.7 Å². The highest BCUT2D eigenvalue weighted by Gasteiger charge is 2.33. The maximum absolute atomic E-state index is 12.3. The standard InChI is InChI=1S/C13H17N5O3/c19-11-2-1-10(16-17-11)13(20)18-6-4-9(7-18)21-12-3-5-14-8-15-12/h3,5,8-10,16H,1-2,4,6-7H2,(H,17,19). The highest BCUT2D eigenvalue weighted by Crippen LogP contribution is 2.17. The highest BCUT2D eigenvalue weighted by molar-refractivity contribution is 5.85. The molecule has 0 aliphatic carbocycles. The maximum atomic E-state index is 12.3. The van der Waals surface area contributed by atoms with Gasteiger partial charge in [0.15, 0.2) is 0 Å². The Kier molecular flexibility index (Phi) is 3.96. The van der Waals surface area contributed by atoms with E-state index in [1.807, 2.05) is 0 Å². The molecule has 2 amide bonds. The van der Waals surface area contributed by atoms with Crippen LogP contribution in [0.15, 0.2) is 18.6 Å². The van der Waals surface area contributed by atoms with Gasteiger partial charge in [-0.1, -0.05) is 0 Å². The Hall–Kier alpha value is -2.22. The van der Waals surface area contributed by atoms with E-state index in [-0.39, 0.29) is 24.0 Å². The summed E-state index contributed by atoms with van der Waals surface area (Å²) in [5.74, 6) is 0.446. The number of hydrazine groups is 1. The average Bonchev–Trinajstić information content (AvgIpc) is 2.97. The average molecular weight is 291 g/mol. The van der Waals surface area contributed by atoms with E-state index in [1.54, 1.807) is 17.2 Å². The number of carbonyl (C=O) groups excluding carboxylic acids is 2. The second kappa shape index (κ2) is 6.04. The van der Waals surface area contributed by atoms with Crippen LogP contribution in [0.4, 0.5) is 0 Å². The number of ether oxygens (including phenoxy) is 1.